The number of aromatic nitrogens is 3. The number of hydrogen-bond acceptors (Lipinski definition) is 8. The van der Waals surface area contributed by atoms with Crippen LogP contribution < -0.4 is 10.1 Å². The van der Waals surface area contributed by atoms with Gasteiger partial charge >= 0.3 is 5.97 Å². The number of anilines is 1. The highest BCUT2D eigenvalue weighted by atomic mass is 32.2. The summed E-state index contributed by atoms with van der Waals surface area (Å²) < 4.78 is 10.8. The van der Waals surface area contributed by atoms with Gasteiger partial charge in [0.15, 0.2) is 5.82 Å². The van der Waals surface area contributed by atoms with E-state index in [1.54, 1.807) is 6.92 Å². The van der Waals surface area contributed by atoms with E-state index in [4.69, 9.17) is 9.47 Å². The van der Waals surface area contributed by atoms with Crippen molar-refractivity contribution < 1.29 is 19.1 Å². The maximum Gasteiger partial charge on any atom is 0.341 e. The molecule has 3 aromatic rings. The van der Waals surface area contributed by atoms with Gasteiger partial charge in [-0.2, -0.15) is 0 Å². The molecule has 3 rings (SSSR count). The fraction of sp³-hybridized carbons (Fsp3) is 0.333. The normalized spacial score (nSPS) is 10.7. The number of ether oxygens (including phenoxy) is 2. The summed E-state index contributed by atoms with van der Waals surface area (Å²) in [5.41, 5.74) is 2.03. The zero-order chi connectivity index (χ0) is 22.4. The maximum absolute atomic E-state index is 12.5. The Balaban J connectivity index is 1.66. The second kappa shape index (κ2) is 10.5. The molecular formula is C21H24N4O4S2. The minimum absolute atomic E-state index is 0.0999. The Labute approximate surface area is 188 Å². The molecule has 0 aliphatic rings. The summed E-state index contributed by atoms with van der Waals surface area (Å²) in [6.07, 6.45) is 0. The van der Waals surface area contributed by atoms with Gasteiger partial charge in [-0.15, -0.1) is 16.4 Å². The Bertz CT molecular complexity index is 1080. The van der Waals surface area contributed by atoms with Crippen molar-refractivity contribution in [3.63, 3.8) is 0 Å². The fourth-order valence-corrected chi connectivity index (χ4v) is 4.50. The van der Waals surface area contributed by atoms with Crippen molar-refractivity contribution in [2.24, 2.45) is 0 Å². The van der Waals surface area contributed by atoms with Crippen LogP contribution in [0.5, 0.6) is 5.75 Å². The van der Waals surface area contributed by atoms with Crippen molar-refractivity contribution in [1.82, 2.24) is 15.2 Å². The van der Waals surface area contributed by atoms with Crippen LogP contribution in [0, 0.1) is 13.8 Å². The number of hydrogen-bond donors (Lipinski definition) is 2. The quantitative estimate of drug-likeness (QED) is 0.359. The molecule has 0 saturated carbocycles. The van der Waals surface area contributed by atoms with E-state index >= 15 is 0 Å². The summed E-state index contributed by atoms with van der Waals surface area (Å²) in [6.45, 7) is 8.23. The number of rotatable bonds is 9. The third-order valence-electron chi connectivity index (χ3n) is 4.36. The first-order chi connectivity index (χ1) is 14.9. The number of thiophene rings is 1. The fourth-order valence-electron chi connectivity index (χ4n) is 2.83. The van der Waals surface area contributed by atoms with E-state index in [0.717, 1.165) is 16.0 Å². The molecule has 1 aromatic carbocycles. The standard InChI is InChI=1S/C21H24N4O4S2/c1-5-28-15-10-8-7-9-14(15)18-23-21(25-24-18)30-11-16(26)22-19-17(20(27)29-6-2)12(3)13(4)31-19/h7-10H,5-6,11H2,1-4H3,(H,22,26)(H,23,24,25). The molecule has 0 aliphatic carbocycles. The van der Waals surface area contributed by atoms with Gasteiger partial charge < -0.3 is 14.8 Å². The maximum atomic E-state index is 12.5. The minimum atomic E-state index is -0.432. The molecule has 1 amide bonds. The van der Waals surface area contributed by atoms with Crippen molar-refractivity contribution in [2.45, 2.75) is 32.9 Å². The van der Waals surface area contributed by atoms with Gasteiger partial charge in [-0.05, 0) is 45.4 Å². The Morgan fingerprint density at radius 2 is 1.97 bits per heavy atom. The highest BCUT2D eigenvalue weighted by Crippen LogP contribution is 2.33. The second-order valence-corrected chi connectivity index (χ2v) is 8.61. The van der Waals surface area contributed by atoms with Gasteiger partial charge in [0, 0.05) is 4.88 Å². The number of esters is 1. The summed E-state index contributed by atoms with van der Waals surface area (Å²) in [7, 11) is 0. The molecule has 0 spiro atoms. The molecule has 0 atom stereocenters. The number of benzene rings is 1. The van der Waals surface area contributed by atoms with Crippen LogP contribution in [-0.4, -0.2) is 46.0 Å². The zero-order valence-electron chi connectivity index (χ0n) is 17.8. The largest absolute Gasteiger partial charge is 0.493 e. The zero-order valence-corrected chi connectivity index (χ0v) is 19.4. The topological polar surface area (TPSA) is 106 Å². The third-order valence-corrected chi connectivity index (χ3v) is 6.33. The average Bonchev–Trinajstić information content (AvgIpc) is 3.32. The number of aryl methyl sites for hydroxylation is 1. The van der Waals surface area contributed by atoms with Gasteiger partial charge in [0.05, 0.1) is 30.1 Å². The predicted octanol–water partition coefficient (Wildman–Crippen LogP) is 4.46. The molecule has 0 radical (unpaired) electrons. The number of H-pyrrole nitrogens is 1. The predicted molar refractivity (Wildman–Crippen MR) is 122 cm³/mol. The van der Waals surface area contributed by atoms with E-state index in [2.05, 4.69) is 20.5 Å². The molecule has 0 saturated heterocycles. The van der Waals surface area contributed by atoms with Crippen LogP contribution in [0.2, 0.25) is 0 Å². The molecule has 10 heteroatoms. The number of thioether (sulfide) groups is 1. The summed E-state index contributed by atoms with van der Waals surface area (Å²) in [5, 5.41) is 10.8. The van der Waals surface area contributed by atoms with Crippen LogP contribution in [0.25, 0.3) is 11.4 Å². The van der Waals surface area contributed by atoms with E-state index in [1.807, 2.05) is 45.0 Å². The molecule has 31 heavy (non-hydrogen) atoms. The highest BCUT2D eigenvalue weighted by Gasteiger charge is 2.22. The Morgan fingerprint density at radius 3 is 2.71 bits per heavy atom. The minimum Gasteiger partial charge on any atom is -0.493 e. The second-order valence-electron chi connectivity index (χ2n) is 6.44. The highest BCUT2D eigenvalue weighted by molar-refractivity contribution is 7.99. The molecular weight excluding hydrogens is 436 g/mol. The average molecular weight is 461 g/mol. The number of carbonyl (C=O) groups excluding carboxylic acids is 2. The first-order valence-corrected chi connectivity index (χ1v) is 11.6. The summed E-state index contributed by atoms with van der Waals surface area (Å²) >= 11 is 2.56. The van der Waals surface area contributed by atoms with Crippen LogP contribution in [0.1, 0.15) is 34.6 Å². The molecule has 8 nitrogen and oxygen atoms in total. The summed E-state index contributed by atoms with van der Waals surface area (Å²) in [5.74, 6) is 0.700. The lowest BCUT2D eigenvalue weighted by atomic mass is 10.1. The molecule has 2 heterocycles. The van der Waals surface area contributed by atoms with Gasteiger partial charge in [-0.3, -0.25) is 9.89 Å². The van der Waals surface area contributed by atoms with Gasteiger partial charge in [-0.25, -0.2) is 9.78 Å². The molecule has 0 aliphatic heterocycles. The van der Waals surface area contributed by atoms with Gasteiger partial charge in [0.2, 0.25) is 11.1 Å². The smallest absolute Gasteiger partial charge is 0.341 e. The lowest BCUT2D eigenvalue weighted by Crippen LogP contribution is -2.16. The van der Waals surface area contributed by atoms with E-state index in [0.29, 0.717) is 33.9 Å². The summed E-state index contributed by atoms with van der Waals surface area (Å²) in [4.78, 5) is 30.2. The summed E-state index contributed by atoms with van der Waals surface area (Å²) in [6, 6.07) is 7.55. The molecule has 0 bridgehead atoms. The number of carbonyl (C=O) groups is 2. The van der Waals surface area contributed by atoms with E-state index in [-0.39, 0.29) is 18.3 Å². The lowest BCUT2D eigenvalue weighted by Gasteiger charge is -2.07. The first kappa shape index (κ1) is 22.8. The first-order valence-electron chi connectivity index (χ1n) is 9.78. The Kier molecular flexibility index (Phi) is 7.69. The van der Waals surface area contributed by atoms with Crippen LogP contribution >= 0.6 is 23.1 Å². The van der Waals surface area contributed by atoms with Crippen LogP contribution in [0.4, 0.5) is 5.00 Å². The van der Waals surface area contributed by atoms with Crippen molar-refractivity contribution in [3.05, 3.63) is 40.3 Å². The van der Waals surface area contributed by atoms with Crippen molar-refractivity contribution in [1.29, 1.82) is 0 Å². The third kappa shape index (κ3) is 5.45. The molecule has 0 fully saturated rings. The Hall–Kier alpha value is -2.85. The Morgan fingerprint density at radius 1 is 1.19 bits per heavy atom. The van der Waals surface area contributed by atoms with Crippen molar-refractivity contribution >= 4 is 40.0 Å². The van der Waals surface area contributed by atoms with Gasteiger partial charge in [0.25, 0.3) is 0 Å². The SMILES string of the molecule is CCOC(=O)c1c(NC(=O)CSc2n[nH]c(-c3ccccc3OCC)n2)sc(C)c1C. The number of nitrogens with zero attached hydrogens (tertiary/aromatic N) is 2. The monoisotopic (exact) mass is 460 g/mol. The van der Waals surface area contributed by atoms with E-state index < -0.39 is 5.97 Å². The number of amides is 1. The van der Waals surface area contributed by atoms with Gasteiger partial charge in [0.1, 0.15) is 10.8 Å². The van der Waals surface area contributed by atoms with Crippen LogP contribution in [-0.2, 0) is 9.53 Å². The molecule has 2 N–H and O–H groups in total. The number of aromatic amines is 1. The van der Waals surface area contributed by atoms with Crippen molar-refractivity contribution in [3.8, 4) is 17.1 Å². The van der Waals surface area contributed by atoms with Crippen LogP contribution in [0.3, 0.4) is 0 Å². The molecule has 164 valence electrons. The lowest BCUT2D eigenvalue weighted by molar-refractivity contribution is -0.113. The molecule has 0 unspecified atom stereocenters. The van der Waals surface area contributed by atoms with Crippen LogP contribution in [0.15, 0.2) is 29.4 Å². The van der Waals surface area contributed by atoms with E-state index in [1.165, 1.54) is 23.1 Å². The van der Waals surface area contributed by atoms with Gasteiger partial charge in [-0.1, -0.05) is 23.9 Å². The van der Waals surface area contributed by atoms with E-state index in [9.17, 15) is 9.59 Å². The molecule has 2 aromatic heterocycles. The number of para-hydroxylation sites is 1. The number of nitrogens with one attached hydrogen (secondary N) is 2. The van der Waals surface area contributed by atoms with Crippen molar-refractivity contribution in [2.75, 3.05) is 24.3 Å².